The van der Waals surface area contributed by atoms with Gasteiger partial charge in [-0.25, -0.2) is 4.98 Å². The van der Waals surface area contributed by atoms with Crippen LogP contribution in [0.25, 0.3) is 0 Å². The SMILES string of the molecule is CCC[C@@H](NC(=O)c1ccc(NC(=O)CN(C)C)cc1)c1nccn1C. The van der Waals surface area contributed by atoms with Crippen molar-refractivity contribution in [1.29, 1.82) is 0 Å². The molecule has 2 rings (SSSR count). The van der Waals surface area contributed by atoms with Crippen molar-refractivity contribution in [1.82, 2.24) is 19.8 Å². The highest BCUT2D eigenvalue weighted by Gasteiger charge is 2.18. The fourth-order valence-corrected chi connectivity index (χ4v) is 2.70. The van der Waals surface area contributed by atoms with Gasteiger partial charge in [0.15, 0.2) is 0 Å². The molecule has 0 fully saturated rings. The van der Waals surface area contributed by atoms with E-state index in [1.165, 1.54) is 0 Å². The summed E-state index contributed by atoms with van der Waals surface area (Å²) in [5.41, 5.74) is 1.22. The molecule has 0 spiro atoms. The van der Waals surface area contributed by atoms with Crippen LogP contribution in [-0.2, 0) is 11.8 Å². The first-order valence-electron chi connectivity index (χ1n) is 8.73. The Morgan fingerprint density at radius 1 is 1.23 bits per heavy atom. The molecule has 2 aromatic rings. The number of hydrogen-bond acceptors (Lipinski definition) is 4. The van der Waals surface area contributed by atoms with Gasteiger partial charge in [-0.1, -0.05) is 13.3 Å². The summed E-state index contributed by atoms with van der Waals surface area (Å²) in [5.74, 6) is 0.593. The molecule has 0 aliphatic carbocycles. The lowest BCUT2D eigenvalue weighted by atomic mass is 10.1. The minimum Gasteiger partial charge on any atom is -0.342 e. The lowest BCUT2D eigenvalue weighted by Gasteiger charge is -2.18. The zero-order chi connectivity index (χ0) is 19.1. The Bertz CT molecular complexity index is 737. The van der Waals surface area contributed by atoms with E-state index in [0.29, 0.717) is 17.8 Å². The standard InChI is InChI=1S/C19H27N5O2/c1-5-6-16(18-20-11-12-24(18)4)22-19(26)14-7-9-15(10-8-14)21-17(25)13-23(2)3/h7-12,16H,5-6,13H2,1-4H3,(H,21,25)(H,22,26)/t16-/m1/s1. The van der Waals surface area contributed by atoms with Gasteiger partial charge in [-0.3, -0.25) is 9.59 Å². The first-order valence-corrected chi connectivity index (χ1v) is 8.73. The van der Waals surface area contributed by atoms with Crippen LogP contribution in [0.1, 0.15) is 42.0 Å². The van der Waals surface area contributed by atoms with Crippen molar-refractivity contribution in [2.75, 3.05) is 26.0 Å². The summed E-state index contributed by atoms with van der Waals surface area (Å²) in [6.07, 6.45) is 5.36. The number of hydrogen-bond donors (Lipinski definition) is 2. The molecule has 1 atom stereocenters. The van der Waals surface area contributed by atoms with Crippen LogP contribution >= 0.6 is 0 Å². The van der Waals surface area contributed by atoms with Crippen LogP contribution < -0.4 is 10.6 Å². The molecular formula is C19H27N5O2. The van der Waals surface area contributed by atoms with E-state index < -0.39 is 0 Å². The Balaban J connectivity index is 2.02. The van der Waals surface area contributed by atoms with Gasteiger partial charge in [-0.2, -0.15) is 0 Å². The van der Waals surface area contributed by atoms with Gasteiger partial charge in [0, 0.05) is 30.7 Å². The Hall–Kier alpha value is -2.67. The summed E-state index contributed by atoms with van der Waals surface area (Å²) in [4.78, 5) is 30.5. The minimum atomic E-state index is -0.155. The molecule has 2 N–H and O–H groups in total. The van der Waals surface area contributed by atoms with Crippen molar-refractivity contribution in [3.63, 3.8) is 0 Å². The molecule has 140 valence electrons. The molecule has 26 heavy (non-hydrogen) atoms. The molecule has 0 saturated carbocycles. The Kier molecular flexibility index (Phi) is 6.91. The van der Waals surface area contributed by atoms with Gasteiger partial charge in [0.25, 0.3) is 5.91 Å². The quantitative estimate of drug-likeness (QED) is 0.759. The fraction of sp³-hybridized carbons (Fsp3) is 0.421. The number of carbonyl (C=O) groups excluding carboxylic acids is 2. The van der Waals surface area contributed by atoms with Gasteiger partial charge < -0.3 is 20.1 Å². The summed E-state index contributed by atoms with van der Waals surface area (Å²) < 4.78 is 1.92. The van der Waals surface area contributed by atoms with E-state index in [9.17, 15) is 9.59 Å². The number of nitrogens with zero attached hydrogens (tertiary/aromatic N) is 3. The van der Waals surface area contributed by atoms with Crippen molar-refractivity contribution >= 4 is 17.5 Å². The van der Waals surface area contributed by atoms with Gasteiger partial charge >= 0.3 is 0 Å². The van der Waals surface area contributed by atoms with Gasteiger partial charge in [0.1, 0.15) is 5.82 Å². The number of likely N-dealkylation sites (N-methyl/N-ethyl adjacent to an activating group) is 1. The highest BCUT2D eigenvalue weighted by Crippen LogP contribution is 2.17. The lowest BCUT2D eigenvalue weighted by Crippen LogP contribution is -2.30. The average molecular weight is 357 g/mol. The number of anilines is 1. The molecule has 0 aliphatic rings. The van der Waals surface area contributed by atoms with E-state index in [1.54, 1.807) is 35.4 Å². The third kappa shape index (κ3) is 5.42. The zero-order valence-corrected chi connectivity index (χ0v) is 15.8. The number of amides is 2. The van der Waals surface area contributed by atoms with E-state index in [2.05, 4.69) is 22.5 Å². The second-order valence-electron chi connectivity index (χ2n) is 6.57. The minimum absolute atomic E-state index is 0.0926. The third-order valence-electron chi connectivity index (χ3n) is 3.94. The first-order chi connectivity index (χ1) is 12.4. The van der Waals surface area contributed by atoms with Crippen molar-refractivity contribution < 1.29 is 9.59 Å². The number of aromatic nitrogens is 2. The van der Waals surface area contributed by atoms with Crippen LogP contribution in [0.3, 0.4) is 0 Å². The molecule has 1 aromatic carbocycles. The molecule has 0 aliphatic heterocycles. The Morgan fingerprint density at radius 2 is 1.92 bits per heavy atom. The van der Waals surface area contributed by atoms with Crippen LogP contribution in [0.4, 0.5) is 5.69 Å². The summed E-state index contributed by atoms with van der Waals surface area (Å²) in [6, 6.07) is 6.76. The molecular weight excluding hydrogens is 330 g/mol. The lowest BCUT2D eigenvalue weighted by molar-refractivity contribution is -0.116. The molecule has 0 bridgehead atoms. The zero-order valence-electron chi connectivity index (χ0n) is 15.8. The maximum atomic E-state index is 12.6. The molecule has 7 nitrogen and oxygen atoms in total. The fourth-order valence-electron chi connectivity index (χ4n) is 2.70. The third-order valence-corrected chi connectivity index (χ3v) is 3.94. The van der Waals surface area contributed by atoms with Gasteiger partial charge in [-0.15, -0.1) is 0 Å². The second-order valence-corrected chi connectivity index (χ2v) is 6.57. The number of aryl methyl sites for hydroxylation is 1. The summed E-state index contributed by atoms with van der Waals surface area (Å²) in [5, 5.41) is 5.85. The molecule has 1 heterocycles. The Labute approximate surface area is 154 Å². The number of rotatable bonds is 8. The summed E-state index contributed by atoms with van der Waals surface area (Å²) in [7, 11) is 5.59. The van der Waals surface area contributed by atoms with Crippen LogP contribution in [0.2, 0.25) is 0 Å². The molecule has 0 unspecified atom stereocenters. The number of benzene rings is 1. The van der Waals surface area contributed by atoms with E-state index in [4.69, 9.17) is 0 Å². The van der Waals surface area contributed by atoms with E-state index in [-0.39, 0.29) is 17.9 Å². The van der Waals surface area contributed by atoms with Crippen LogP contribution in [0, 0.1) is 0 Å². The molecule has 7 heteroatoms. The largest absolute Gasteiger partial charge is 0.342 e. The molecule has 2 amide bonds. The summed E-state index contributed by atoms with van der Waals surface area (Å²) >= 11 is 0. The number of carbonyl (C=O) groups is 2. The van der Waals surface area contributed by atoms with Gasteiger partial charge in [-0.05, 0) is 44.8 Å². The smallest absolute Gasteiger partial charge is 0.251 e. The maximum absolute atomic E-state index is 12.6. The van der Waals surface area contributed by atoms with E-state index >= 15 is 0 Å². The highest BCUT2D eigenvalue weighted by molar-refractivity contribution is 5.96. The molecule has 1 aromatic heterocycles. The second kappa shape index (κ2) is 9.15. The predicted octanol–water partition coefficient (Wildman–Crippen LogP) is 2.19. The van der Waals surface area contributed by atoms with Crippen molar-refractivity contribution in [3.8, 4) is 0 Å². The van der Waals surface area contributed by atoms with E-state index in [0.717, 1.165) is 18.7 Å². The highest BCUT2D eigenvalue weighted by atomic mass is 16.2. The molecule has 0 radical (unpaired) electrons. The number of imidazole rings is 1. The maximum Gasteiger partial charge on any atom is 0.251 e. The van der Waals surface area contributed by atoms with Crippen molar-refractivity contribution in [3.05, 3.63) is 48.0 Å². The molecule has 0 saturated heterocycles. The van der Waals surface area contributed by atoms with Crippen LogP contribution in [0.15, 0.2) is 36.7 Å². The predicted molar refractivity (Wildman–Crippen MR) is 102 cm³/mol. The van der Waals surface area contributed by atoms with Crippen LogP contribution in [0.5, 0.6) is 0 Å². The number of nitrogens with one attached hydrogen (secondary N) is 2. The average Bonchev–Trinajstić information content (AvgIpc) is 3.00. The summed E-state index contributed by atoms with van der Waals surface area (Å²) in [6.45, 7) is 2.39. The Morgan fingerprint density at radius 3 is 2.46 bits per heavy atom. The topological polar surface area (TPSA) is 79.3 Å². The normalized spacial score (nSPS) is 12.0. The van der Waals surface area contributed by atoms with Crippen LogP contribution in [-0.4, -0.2) is 46.9 Å². The monoisotopic (exact) mass is 357 g/mol. The van der Waals surface area contributed by atoms with E-state index in [1.807, 2.05) is 31.9 Å². The van der Waals surface area contributed by atoms with Crippen molar-refractivity contribution in [2.45, 2.75) is 25.8 Å². The van der Waals surface area contributed by atoms with Crippen molar-refractivity contribution in [2.24, 2.45) is 7.05 Å². The van der Waals surface area contributed by atoms with Gasteiger partial charge in [0.2, 0.25) is 5.91 Å². The van der Waals surface area contributed by atoms with Gasteiger partial charge in [0.05, 0.1) is 12.6 Å². The first kappa shape index (κ1) is 19.7.